The highest BCUT2D eigenvalue weighted by atomic mass is 32.2. The van der Waals surface area contributed by atoms with Crippen LogP contribution in [-0.2, 0) is 10.0 Å². The van der Waals surface area contributed by atoms with E-state index in [0.717, 1.165) is 12.1 Å². The third-order valence-electron chi connectivity index (χ3n) is 3.46. The second kappa shape index (κ2) is 5.24. The Morgan fingerprint density at radius 2 is 2.10 bits per heavy atom. The highest BCUT2D eigenvalue weighted by Gasteiger charge is 2.39. The van der Waals surface area contributed by atoms with Crippen LogP contribution in [0.5, 0.6) is 5.75 Å². The zero-order chi connectivity index (χ0) is 15.8. The number of phenols is 1. The molecule has 0 radical (unpaired) electrons. The van der Waals surface area contributed by atoms with Crippen molar-refractivity contribution in [3.05, 3.63) is 28.3 Å². The third-order valence-corrected chi connectivity index (χ3v) is 5.56. The smallest absolute Gasteiger partial charge is 0.312 e. The predicted octanol–water partition coefficient (Wildman–Crippen LogP) is 0.673. The summed E-state index contributed by atoms with van der Waals surface area (Å²) < 4.78 is 26.7. The molecule has 0 aromatic heterocycles. The van der Waals surface area contributed by atoms with E-state index < -0.39 is 31.9 Å². The summed E-state index contributed by atoms with van der Waals surface area (Å²) in [6.45, 7) is 4.86. The number of nitrogens with one attached hydrogen (secondary N) is 1. The van der Waals surface area contributed by atoms with Gasteiger partial charge in [0, 0.05) is 31.2 Å². The van der Waals surface area contributed by atoms with Gasteiger partial charge in [-0.15, -0.1) is 0 Å². The average molecular weight is 315 g/mol. The van der Waals surface area contributed by atoms with Crippen LogP contribution in [0.4, 0.5) is 5.69 Å². The second-order valence-corrected chi connectivity index (χ2v) is 7.34. The van der Waals surface area contributed by atoms with Crippen LogP contribution in [0.2, 0.25) is 0 Å². The molecule has 21 heavy (non-hydrogen) atoms. The maximum absolute atomic E-state index is 12.7. The van der Waals surface area contributed by atoms with Crippen molar-refractivity contribution in [3.8, 4) is 5.75 Å². The standard InChI is InChI=1S/C12H17N3O5S/c1-12(2)8-13-5-6-14(12)21(19,20)9-3-4-11(16)10(7-9)15(17)18/h3-4,7,13,16H,5-6,8H2,1-2H3. The number of nitro benzene ring substituents is 1. The van der Waals surface area contributed by atoms with Gasteiger partial charge in [0.2, 0.25) is 10.0 Å². The number of benzene rings is 1. The molecule has 0 bridgehead atoms. The summed E-state index contributed by atoms with van der Waals surface area (Å²) in [5.74, 6) is -0.557. The molecule has 0 unspecified atom stereocenters. The number of phenolic OH excluding ortho intramolecular Hbond substituents is 1. The van der Waals surface area contributed by atoms with E-state index in [-0.39, 0.29) is 11.4 Å². The van der Waals surface area contributed by atoms with Gasteiger partial charge in [-0.2, -0.15) is 4.31 Å². The third kappa shape index (κ3) is 2.85. The quantitative estimate of drug-likeness (QED) is 0.626. The molecule has 1 aliphatic rings. The molecule has 0 atom stereocenters. The van der Waals surface area contributed by atoms with E-state index >= 15 is 0 Å². The Kier molecular flexibility index (Phi) is 3.91. The molecule has 0 amide bonds. The molecule has 1 heterocycles. The summed E-state index contributed by atoms with van der Waals surface area (Å²) in [6.07, 6.45) is 0. The van der Waals surface area contributed by atoms with Crippen molar-refractivity contribution in [1.82, 2.24) is 9.62 Å². The van der Waals surface area contributed by atoms with Gasteiger partial charge in [-0.25, -0.2) is 8.42 Å². The molecule has 1 aromatic rings. The summed E-state index contributed by atoms with van der Waals surface area (Å²) in [5.41, 5.74) is -1.26. The molecule has 2 rings (SSSR count). The Morgan fingerprint density at radius 1 is 1.43 bits per heavy atom. The topological polar surface area (TPSA) is 113 Å². The SMILES string of the molecule is CC1(C)CNCCN1S(=O)(=O)c1ccc(O)c([N+](=O)[O-])c1. The fraction of sp³-hybridized carbons (Fsp3) is 0.500. The number of nitro groups is 1. The van der Waals surface area contributed by atoms with E-state index in [2.05, 4.69) is 5.32 Å². The van der Waals surface area contributed by atoms with E-state index in [4.69, 9.17) is 0 Å². The highest BCUT2D eigenvalue weighted by Crippen LogP contribution is 2.32. The van der Waals surface area contributed by atoms with Gasteiger partial charge in [-0.3, -0.25) is 10.1 Å². The Labute approximate surface area is 122 Å². The zero-order valence-corrected chi connectivity index (χ0v) is 12.6. The van der Waals surface area contributed by atoms with E-state index in [1.807, 2.05) is 0 Å². The summed E-state index contributed by atoms with van der Waals surface area (Å²) >= 11 is 0. The molecule has 8 nitrogen and oxygen atoms in total. The Balaban J connectivity index is 2.49. The number of hydrogen-bond acceptors (Lipinski definition) is 6. The molecular formula is C12H17N3O5S. The first kappa shape index (κ1) is 15.7. The molecule has 9 heteroatoms. The molecule has 1 saturated heterocycles. The van der Waals surface area contributed by atoms with Gasteiger partial charge < -0.3 is 10.4 Å². The second-order valence-electron chi connectivity index (χ2n) is 5.47. The predicted molar refractivity (Wildman–Crippen MR) is 75.6 cm³/mol. The van der Waals surface area contributed by atoms with Gasteiger partial charge in [0.1, 0.15) is 0 Å². The van der Waals surface area contributed by atoms with Crippen molar-refractivity contribution in [2.45, 2.75) is 24.3 Å². The fourth-order valence-electron chi connectivity index (χ4n) is 2.35. The molecule has 0 aliphatic carbocycles. The first-order chi connectivity index (χ1) is 9.66. The van der Waals surface area contributed by atoms with Crippen LogP contribution in [-0.4, -0.2) is 47.9 Å². The van der Waals surface area contributed by atoms with Gasteiger partial charge in [0.15, 0.2) is 5.75 Å². The Morgan fingerprint density at radius 3 is 2.67 bits per heavy atom. The van der Waals surface area contributed by atoms with Crippen LogP contribution in [0, 0.1) is 10.1 Å². The lowest BCUT2D eigenvalue weighted by Gasteiger charge is -2.41. The van der Waals surface area contributed by atoms with Crippen molar-refractivity contribution in [2.24, 2.45) is 0 Å². The number of sulfonamides is 1. The van der Waals surface area contributed by atoms with E-state index in [1.54, 1.807) is 13.8 Å². The molecule has 1 aromatic carbocycles. The Hall–Kier alpha value is -1.71. The molecular weight excluding hydrogens is 298 g/mol. The molecule has 116 valence electrons. The minimum atomic E-state index is -3.86. The number of aromatic hydroxyl groups is 1. The first-order valence-electron chi connectivity index (χ1n) is 6.37. The van der Waals surface area contributed by atoms with Crippen LogP contribution in [0.3, 0.4) is 0 Å². The van der Waals surface area contributed by atoms with Crippen molar-refractivity contribution in [3.63, 3.8) is 0 Å². The highest BCUT2D eigenvalue weighted by molar-refractivity contribution is 7.89. The van der Waals surface area contributed by atoms with E-state index in [0.29, 0.717) is 13.1 Å². The number of rotatable bonds is 3. The normalized spacial score (nSPS) is 19.3. The number of nitrogens with zero attached hydrogens (tertiary/aromatic N) is 2. The summed E-state index contributed by atoms with van der Waals surface area (Å²) in [6, 6.07) is 3.10. The Bertz CT molecular complexity index is 671. The molecule has 2 N–H and O–H groups in total. The minimum absolute atomic E-state index is 0.193. The molecule has 1 aliphatic heterocycles. The lowest BCUT2D eigenvalue weighted by Crippen LogP contribution is -2.59. The summed E-state index contributed by atoms with van der Waals surface area (Å²) in [5, 5.41) is 23.4. The van der Waals surface area contributed by atoms with Crippen LogP contribution in [0.25, 0.3) is 0 Å². The van der Waals surface area contributed by atoms with Gasteiger partial charge in [-0.05, 0) is 26.0 Å². The number of piperazine rings is 1. The van der Waals surface area contributed by atoms with Crippen molar-refractivity contribution in [1.29, 1.82) is 0 Å². The largest absolute Gasteiger partial charge is 0.502 e. The van der Waals surface area contributed by atoms with Gasteiger partial charge in [0.25, 0.3) is 0 Å². The van der Waals surface area contributed by atoms with Crippen LogP contribution < -0.4 is 5.32 Å². The maximum atomic E-state index is 12.7. The van der Waals surface area contributed by atoms with Crippen molar-refractivity contribution in [2.75, 3.05) is 19.6 Å². The van der Waals surface area contributed by atoms with E-state index in [1.165, 1.54) is 10.4 Å². The van der Waals surface area contributed by atoms with Crippen molar-refractivity contribution >= 4 is 15.7 Å². The van der Waals surface area contributed by atoms with Gasteiger partial charge in [0.05, 0.1) is 9.82 Å². The minimum Gasteiger partial charge on any atom is -0.502 e. The number of hydrogen-bond donors (Lipinski definition) is 2. The summed E-state index contributed by atoms with van der Waals surface area (Å²) in [4.78, 5) is 9.83. The van der Waals surface area contributed by atoms with E-state index in [9.17, 15) is 23.6 Å². The lowest BCUT2D eigenvalue weighted by molar-refractivity contribution is -0.386. The fourth-order valence-corrected chi connectivity index (χ4v) is 4.15. The van der Waals surface area contributed by atoms with Crippen molar-refractivity contribution < 1.29 is 18.4 Å². The lowest BCUT2D eigenvalue weighted by atomic mass is 10.0. The first-order valence-corrected chi connectivity index (χ1v) is 7.81. The van der Waals surface area contributed by atoms with Crippen LogP contribution in [0.15, 0.2) is 23.1 Å². The molecule has 1 fully saturated rings. The van der Waals surface area contributed by atoms with Crippen LogP contribution in [0.1, 0.15) is 13.8 Å². The monoisotopic (exact) mass is 315 g/mol. The summed E-state index contributed by atoms with van der Waals surface area (Å²) in [7, 11) is -3.86. The molecule has 0 spiro atoms. The zero-order valence-electron chi connectivity index (χ0n) is 11.7. The average Bonchev–Trinajstić information content (AvgIpc) is 2.37. The van der Waals surface area contributed by atoms with Crippen LogP contribution >= 0.6 is 0 Å². The molecule has 0 saturated carbocycles. The van der Waals surface area contributed by atoms with Gasteiger partial charge >= 0.3 is 5.69 Å². The maximum Gasteiger partial charge on any atom is 0.312 e. The van der Waals surface area contributed by atoms with Gasteiger partial charge in [-0.1, -0.05) is 0 Å².